The summed E-state index contributed by atoms with van der Waals surface area (Å²) in [5.74, 6) is 1.89. The van der Waals surface area contributed by atoms with E-state index in [4.69, 9.17) is 32.9 Å². The van der Waals surface area contributed by atoms with Crippen molar-refractivity contribution in [2.45, 2.75) is 63.9 Å². The number of aryl methyl sites for hydroxylation is 1. The van der Waals surface area contributed by atoms with E-state index in [0.717, 1.165) is 11.3 Å². The molecule has 1 unspecified atom stereocenters. The first-order valence-corrected chi connectivity index (χ1v) is 14.4. The standard InChI is InChI=1S/C27H31Cl2N5O3S/c1-16-24(31-17(2)34(25(16)35)20-8-6-7-19(28)22(20)29)33-13-10-27(11-14-33)23(32-38(36)26(3,4)5)18-9-12-30-15-21(18)37-27/h6-9,12,15,23,32H,10-11,13-14H2,1-5H3/t23-,38?/m0/s1. The molecule has 1 saturated heterocycles. The van der Waals surface area contributed by atoms with Crippen molar-refractivity contribution < 1.29 is 9.29 Å². The van der Waals surface area contributed by atoms with E-state index in [0.29, 0.717) is 58.9 Å². The molecule has 8 nitrogen and oxygen atoms in total. The quantitative estimate of drug-likeness (QED) is 0.433. The number of ether oxygens (including phenoxy) is 1. The van der Waals surface area contributed by atoms with Crippen LogP contribution in [0.4, 0.5) is 5.82 Å². The minimum atomic E-state index is -1.28. The number of aromatic nitrogens is 3. The van der Waals surface area contributed by atoms with Gasteiger partial charge in [0.2, 0.25) is 0 Å². The summed E-state index contributed by atoms with van der Waals surface area (Å²) in [5, 5.41) is 0.689. The predicted molar refractivity (Wildman–Crippen MR) is 152 cm³/mol. The molecule has 38 heavy (non-hydrogen) atoms. The molecule has 1 aromatic carbocycles. The molecule has 2 aromatic heterocycles. The van der Waals surface area contributed by atoms with Crippen LogP contribution >= 0.6 is 23.2 Å². The van der Waals surface area contributed by atoms with E-state index in [9.17, 15) is 9.35 Å². The molecule has 1 N–H and O–H groups in total. The zero-order chi connectivity index (χ0) is 27.4. The number of hydrogen-bond acceptors (Lipinski definition) is 7. The van der Waals surface area contributed by atoms with Gasteiger partial charge in [0.1, 0.15) is 33.8 Å². The van der Waals surface area contributed by atoms with Gasteiger partial charge in [0, 0.05) is 49.1 Å². The smallest absolute Gasteiger partial charge is 0.263 e. The van der Waals surface area contributed by atoms with Gasteiger partial charge < -0.3 is 14.2 Å². The fourth-order valence-electron chi connectivity index (χ4n) is 5.17. The minimum Gasteiger partial charge on any atom is -0.598 e. The Morgan fingerprint density at radius 2 is 1.89 bits per heavy atom. The summed E-state index contributed by atoms with van der Waals surface area (Å²) in [4.78, 5) is 24.7. The largest absolute Gasteiger partial charge is 0.598 e. The highest BCUT2D eigenvalue weighted by Crippen LogP contribution is 2.49. The minimum absolute atomic E-state index is 0.187. The van der Waals surface area contributed by atoms with Gasteiger partial charge in [0.25, 0.3) is 5.56 Å². The molecule has 202 valence electrons. The van der Waals surface area contributed by atoms with Crippen LogP contribution in [0.15, 0.2) is 41.5 Å². The summed E-state index contributed by atoms with van der Waals surface area (Å²) in [6.07, 6.45) is 4.78. The summed E-state index contributed by atoms with van der Waals surface area (Å²) in [7, 11) is 0. The maximum absolute atomic E-state index is 13.5. The second-order valence-electron chi connectivity index (χ2n) is 10.8. The number of pyridine rings is 1. The van der Waals surface area contributed by atoms with Crippen LogP contribution in [0.2, 0.25) is 10.0 Å². The Hall–Kier alpha value is -2.30. The summed E-state index contributed by atoms with van der Waals surface area (Å²) in [6, 6.07) is 6.90. The molecule has 3 aromatic rings. The first-order valence-electron chi connectivity index (χ1n) is 12.5. The number of fused-ring (bicyclic) bond motifs is 1. The highest BCUT2D eigenvalue weighted by molar-refractivity contribution is 7.90. The topological polar surface area (TPSA) is 95.3 Å². The molecule has 5 rings (SSSR count). The normalized spacial score (nSPS) is 19.4. The molecule has 1 spiro atoms. The van der Waals surface area contributed by atoms with Gasteiger partial charge >= 0.3 is 0 Å². The van der Waals surface area contributed by atoms with E-state index < -0.39 is 21.7 Å². The number of anilines is 1. The van der Waals surface area contributed by atoms with Gasteiger partial charge in [-0.3, -0.25) is 14.3 Å². The highest BCUT2D eigenvalue weighted by atomic mass is 35.5. The van der Waals surface area contributed by atoms with Crippen molar-refractivity contribution in [1.29, 1.82) is 0 Å². The van der Waals surface area contributed by atoms with E-state index in [1.165, 1.54) is 4.57 Å². The van der Waals surface area contributed by atoms with Gasteiger partial charge in [-0.15, -0.1) is 4.72 Å². The third-order valence-corrected chi connectivity index (χ3v) is 9.65. The van der Waals surface area contributed by atoms with Crippen molar-refractivity contribution in [3.8, 4) is 11.4 Å². The Balaban J connectivity index is 1.43. The number of piperidine rings is 1. The van der Waals surface area contributed by atoms with Gasteiger partial charge in [0.15, 0.2) is 0 Å². The van der Waals surface area contributed by atoms with Crippen LogP contribution in [-0.2, 0) is 11.4 Å². The average Bonchev–Trinajstić information content (AvgIpc) is 3.16. The summed E-state index contributed by atoms with van der Waals surface area (Å²) < 4.78 is 24.1. The molecule has 2 aliphatic heterocycles. The van der Waals surface area contributed by atoms with Crippen molar-refractivity contribution >= 4 is 40.4 Å². The fraction of sp³-hybridized carbons (Fsp3) is 0.444. The molecule has 0 aliphatic carbocycles. The maximum Gasteiger partial charge on any atom is 0.263 e. The van der Waals surface area contributed by atoms with Crippen LogP contribution < -0.4 is 19.9 Å². The Bertz CT molecular complexity index is 1430. The molecule has 0 amide bonds. The zero-order valence-corrected chi connectivity index (χ0v) is 24.4. The molecular weight excluding hydrogens is 545 g/mol. The van der Waals surface area contributed by atoms with Crippen LogP contribution in [0.1, 0.15) is 56.6 Å². The van der Waals surface area contributed by atoms with Crippen LogP contribution in [0, 0.1) is 13.8 Å². The Morgan fingerprint density at radius 1 is 1.18 bits per heavy atom. The second-order valence-corrected chi connectivity index (χ2v) is 13.6. The molecular formula is C27H31Cl2N5O3S. The highest BCUT2D eigenvalue weighted by Gasteiger charge is 2.53. The van der Waals surface area contributed by atoms with Crippen molar-refractivity contribution in [3.63, 3.8) is 0 Å². The third kappa shape index (κ3) is 4.69. The lowest BCUT2D eigenvalue weighted by molar-refractivity contribution is 0.0377. The van der Waals surface area contributed by atoms with Crippen LogP contribution in [0.5, 0.6) is 5.75 Å². The van der Waals surface area contributed by atoms with Crippen molar-refractivity contribution in [3.05, 3.63) is 74.0 Å². The average molecular weight is 577 g/mol. The number of hydrogen-bond donors (Lipinski definition) is 1. The fourth-order valence-corrected chi connectivity index (χ4v) is 6.46. The van der Waals surface area contributed by atoms with Crippen molar-refractivity contribution in [2.75, 3.05) is 18.0 Å². The molecule has 4 heterocycles. The van der Waals surface area contributed by atoms with E-state index in [-0.39, 0.29) is 11.6 Å². The summed E-state index contributed by atoms with van der Waals surface area (Å²) >= 11 is 11.3. The first kappa shape index (κ1) is 27.3. The zero-order valence-electron chi connectivity index (χ0n) is 22.0. The van der Waals surface area contributed by atoms with Gasteiger partial charge in [-0.25, -0.2) is 4.98 Å². The summed E-state index contributed by atoms with van der Waals surface area (Å²) in [6.45, 7) is 10.7. The lowest BCUT2D eigenvalue weighted by Gasteiger charge is -2.43. The number of nitrogens with zero attached hydrogens (tertiary/aromatic N) is 4. The molecule has 1 fully saturated rings. The van der Waals surface area contributed by atoms with Crippen LogP contribution in [-0.4, -0.2) is 42.5 Å². The van der Waals surface area contributed by atoms with E-state index in [2.05, 4.69) is 14.6 Å². The van der Waals surface area contributed by atoms with E-state index in [1.54, 1.807) is 44.4 Å². The number of halogens is 2. The lowest BCUT2D eigenvalue weighted by Crippen LogP contribution is -2.55. The Kier molecular flexibility index (Phi) is 7.19. The van der Waals surface area contributed by atoms with Crippen molar-refractivity contribution in [2.24, 2.45) is 0 Å². The molecule has 2 atom stereocenters. The maximum atomic E-state index is 13.5. The predicted octanol–water partition coefficient (Wildman–Crippen LogP) is 5.08. The molecule has 0 bridgehead atoms. The molecule has 0 saturated carbocycles. The van der Waals surface area contributed by atoms with Crippen LogP contribution in [0.25, 0.3) is 5.69 Å². The number of benzene rings is 1. The monoisotopic (exact) mass is 575 g/mol. The van der Waals surface area contributed by atoms with Gasteiger partial charge in [-0.1, -0.05) is 29.3 Å². The van der Waals surface area contributed by atoms with Gasteiger partial charge in [-0.05, 0) is 52.8 Å². The Morgan fingerprint density at radius 3 is 2.58 bits per heavy atom. The summed E-state index contributed by atoms with van der Waals surface area (Å²) in [5.41, 5.74) is 1.25. The molecule has 2 aliphatic rings. The first-order chi connectivity index (χ1) is 17.9. The molecule has 0 radical (unpaired) electrons. The molecule has 11 heteroatoms. The van der Waals surface area contributed by atoms with E-state index in [1.807, 2.05) is 26.8 Å². The number of nitrogens with one attached hydrogen (secondary N) is 1. The van der Waals surface area contributed by atoms with Crippen LogP contribution in [0.3, 0.4) is 0 Å². The SMILES string of the molecule is Cc1c(N2CCC3(CC2)Oc2cnccc2[C@@H]3N[S+]([O-])C(C)(C)C)nc(C)n(-c2cccc(Cl)c2Cl)c1=O. The third-order valence-electron chi connectivity index (χ3n) is 7.28. The van der Waals surface area contributed by atoms with Gasteiger partial charge in [-0.2, -0.15) is 0 Å². The van der Waals surface area contributed by atoms with Gasteiger partial charge in [0.05, 0.1) is 27.5 Å². The second kappa shape index (κ2) is 10.0. The van der Waals surface area contributed by atoms with Crippen molar-refractivity contribution in [1.82, 2.24) is 19.3 Å². The van der Waals surface area contributed by atoms with E-state index >= 15 is 0 Å². The Labute approximate surface area is 235 Å². The number of rotatable bonds is 4. The lowest BCUT2D eigenvalue weighted by atomic mass is 9.83.